The summed E-state index contributed by atoms with van der Waals surface area (Å²) in [6.07, 6.45) is 5.07. The summed E-state index contributed by atoms with van der Waals surface area (Å²) in [5.74, 6) is -1.25. The fourth-order valence-corrected chi connectivity index (χ4v) is 3.87. The van der Waals surface area contributed by atoms with Crippen LogP contribution in [0.25, 0.3) is 0 Å². The zero-order chi connectivity index (χ0) is 21.4. The lowest BCUT2D eigenvalue weighted by Crippen LogP contribution is -2.38. The van der Waals surface area contributed by atoms with Crippen molar-refractivity contribution in [1.82, 2.24) is 0 Å². The Kier molecular flexibility index (Phi) is 10.1. The number of allylic oxidation sites excluding steroid dienone is 3. The largest absolute Gasteiger partial charge is 0.462 e. The van der Waals surface area contributed by atoms with Crippen molar-refractivity contribution < 1.29 is 24.5 Å². The summed E-state index contributed by atoms with van der Waals surface area (Å²) >= 11 is 0. The normalized spacial score (nSPS) is 36.7. The van der Waals surface area contributed by atoms with Gasteiger partial charge in [0.15, 0.2) is 5.78 Å². The second-order valence-corrected chi connectivity index (χ2v) is 8.37. The molecule has 2 N–H and O–H groups in total. The lowest BCUT2D eigenvalue weighted by molar-refractivity contribution is -0.154. The summed E-state index contributed by atoms with van der Waals surface area (Å²) in [5.41, 5.74) is 0.940. The second-order valence-electron chi connectivity index (χ2n) is 8.37. The first-order chi connectivity index (χ1) is 13.1. The molecule has 0 unspecified atom stereocenters. The van der Waals surface area contributed by atoms with Crippen LogP contribution in [0.3, 0.4) is 0 Å². The third-order valence-electron chi connectivity index (χ3n) is 5.98. The van der Waals surface area contributed by atoms with E-state index in [0.29, 0.717) is 19.3 Å². The highest BCUT2D eigenvalue weighted by molar-refractivity contribution is 5.91. The molecule has 7 atom stereocenters. The molecule has 0 aromatic heterocycles. The van der Waals surface area contributed by atoms with Gasteiger partial charge in [0.2, 0.25) is 0 Å². The van der Waals surface area contributed by atoms with Gasteiger partial charge >= 0.3 is 5.97 Å². The van der Waals surface area contributed by atoms with Gasteiger partial charge in [-0.3, -0.25) is 9.59 Å². The van der Waals surface area contributed by atoms with Gasteiger partial charge < -0.3 is 14.9 Å². The zero-order valence-corrected chi connectivity index (χ0v) is 18.2. The van der Waals surface area contributed by atoms with Crippen molar-refractivity contribution in [3.05, 3.63) is 23.8 Å². The molecular formula is C23H38O5. The summed E-state index contributed by atoms with van der Waals surface area (Å²) in [6.45, 7) is 11.4. The molecule has 28 heavy (non-hydrogen) atoms. The molecule has 1 heterocycles. The van der Waals surface area contributed by atoms with Crippen LogP contribution in [-0.2, 0) is 14.3 Å². The number of aliphatic hydroxyl groups excluding tert-OH is 2. The lowest BCUT2D eigenvalue weighted by Gasteiger charge is -2.31. The second kappa shape index (κ2) is 11.5. The van der Waals surface area contributed by atoms with E-state index in [9.17, 15) is 19.8 Å². The Morgan fingerprint density at radius 2 is 1.71 bits per heavy atom. The third kappa shape index (κ3) is 7.17. The number of cyclic esters (lactones) is 1. The van der Waals surface area contributed by atoms with Gasteiger partial charge in [0.25, 0.3) is 0 Å². The molecule has 0 bridgehead atoms. The predicted molar refractivity (Wildman–Crippen MR) is 111 cm³/mol. The Bertz CT molecular complexity index is 580. The molecule has 0 spiro atoms. The highest BCUT2D eigenvalue weighted by Crippen LogP contribution is 2.28. The first-order valence-electron chi connectivity index (χ1n) is 10.6. The van der Waals surface area contributed by atoms with Crippen molar-refractivity contribution >= 4 is 11.8 Å². The smallest absolute Gasteiger partial charge is 0.308 e. The first-order valence-corrected chi connectivity index (χ1v) is 10.6. The molecule has 0 aromatic carbocycles. The number of aliphatic hydroxyl groups is 2. The zero-order valence-electron chi connectivity index (χ0n) is 18.2. The lowest BCUT2D eigenvalue weighted by atomic mass is 9.80. The van der Waals surface area contributed by atoms with Crippen molar-refractivity contribution in [2.24, 2.45) is 23.7 Å². The average Bonchev–Trinajstić information content (AvgIpc) is 2.65. The average molecular weight is 395 g/mol. The van der Waals surface area contributed by atoms with Crippen LogP contribution in [0.15, 0.2) is 23.8 Å². The number of ether oxygens (including phenoxy) is 1. The van der Waals surface area contributed by atoms with Crippen molar-refractivity contribution in [1.29, 1.82) is 0 Å². The van der Waals surface area contributed by atoms with Crippen LogP contribution in [-0.4, -0.2) is 40.3 Å². The molecule has 0 aromatic rings. The minimum absolute atomic E-state index is 0.0105. The van der Waals surface area contributed by atoms with E-state index >= 15 is 0 Å². The van der Waals surface area contributed by atoms with Gasteiger partial charge in [0, 0.05) is 17.8 Å². The standard InChI is InChI=1S/C23H38O5/c1-7-18-12-15(4)19(24)10-9-14(3)11-16(5)21(8-2)28-22(26)13-20(25)17(6)23(18)27/h9-11,15-18,20-21,23,25,27H,7-8,12-13H2,1-6H3/t15-,16+,17+,18+,20-,21-,23-/m1/s1. The first kappa shape index (κ1) is 24.6. The summed E-state index contributed by atoms with van der Waals surface area (Å²) in [7, 11) is 0. The number of carbonyl (C=O) groups is 2. The van der Waals surface area contributed by atoms with E-state index in [4.69, 9.17) is 4.74 Å². The van der Waals surface area contributed by atoms with Crippen molar-refractivity contribution in [2.45, 2.75) is 85.5 Å². The van der Waals surface area contributed by atoms with Crippen LogP contribution in [0.2, 0.25) is 0 Å². The molecule has 0 aliphatic carbocycles. The molecule has 0 fully saturated rings. The van der Waals surface area contributed by atoms with Crippen molar-refractivity contribution in [2.75, 3.05) is 0 Å². The molecule has 0 radical (unpaired) electrons. The number of hydrogen-bond acceptors (Lipinski definition) is 5. The number of rotatable bonds is 2. The molecule has 0 saturated heterocycles. The van der Waals surface area contributed by atoms with Crippen LogP contribution in [0, 0.1) is 23.7 Å². The maximum absolute atomic E-state index is 12.5. The Morgan fingerprint density at radius 1 is 1.07 bits per heavy atom. The Labute approximate surface area is 169 Å². The Balaban J connectivity index is 3.18. The third-order valence-corrected chi connectivity index (χ3v) is 5.98. The summed E-state index contributed by atoms with van der Waals surface area (Å²) in [4.78, 5) is 24.8. The predicted octanol–water partition coefficient (Wildman–Crippen LogP) is 3.83. The molecule has 160 valence electrons. The minimum Gasteiger partial charge on any atom is -0.462 e. The van der Waals surface area contributed by atoms with Crippen LogP contribution < -0.4 is 0 Å². The van der Waals surface area contributed by atoms with Gasteiger partial charge in [-0.25, -0.2) is 0 Å². The van der Waals surface area contributed by atoms with Gasteiger partial charge in [-0.05, 0) is 31.8 Å². The van der Waals surface area contributed by atoms with Crippen molar-refractivity contribution in [3.63, 3.8) is 0 Å². The fraction of sp³-hybridized carbons (Fsp3) is 0.739. The van der Waals surface area contributed by atoms with E-state index in [0.717, 1.165) is 5.57 Å². The van der Waals surface area contributed by atoms with Gasteiger partial charge in [-0.1, -0.05) is 58.8 Å². The van der Waals surface area contributed by atoms with Crippen LogP contribution in [0.5, 0.6) is 0 Å². The molecule has 5 heteroatoms. The van der Waals surface area contributed by atoms with Gasteiger partial charge in [0.1, 0.15) is 6.10 Å². The number of ketones is 1. The SMILES string of the molecule is CC[C@H]1C[C@@H](C)C(=O)C=CC(C)=C[C@H](C)[C@@H](CC)OC(=O)C[C@@H](O)[C@H](C)[C@H]1O. The molecular weight excluding hydrogens is 356 g/mol. The van der Waals surface area contributed by atoms with E-state index in [2.05, 4.69) is 0 Å². The van der Waals surface area contributed by atoms with E-state index in [1.807, 2.05) is 40.7 Å². The van der Waals surface area contributed by atoms with Crippen LogP contribution >= 0.6 is 0 Å². The molecule has 0 amide bonds. The van der Waals surface area contributed by atoms with Crippen molar-refractivity contribution in [3.8, 4) is 0 Å². The quantitative estimate of drug-likeness (QED) is 0.696. The Hall–Kier alpha value is -1.46. The molecule has 1 aliphatic heterocycles. The molecule has 1 aliphatic rings. The number of carbonyl (C=O) groups excluding carboxylic acids is 2. The van der Waals surface area contributed by atoms with E-state index in [-0.39, 0.29) is 36.1 Å². The van der Waals surface area contributed by atoms with Gasteiger partial charge in [0.05, 0.1) is 18.6 Å². The van der Waals surface area contributed by atoms with Crippen LogP contribution in [0.1, 0.15) is 67.2 Å². The highest BCUT2D eigenvalue weighted by Gasteiger charge is 2.32. The van der Waals surface area contributed by atoms with Crippen LogP contribution in [0.4, 0.5) is 0 Å². The highest BCUT2D eigenvalue weighted by atomic mass is 16.5. The van der Waals surface area contributed by atoms with Gasteiger partial charge in [-0.2, -0.15) is 0 Å². The molecule has 0 saturated carbocycles. The fourth-order valence-electron chi connectivity index (χ4n) is 3.87. The van der Waals surface area contributed by atoms with E-state index in [1.165, 1.54) is 0 Å². The van der Waals surface area contributed by atoms with E-state index < -0.39 is 24.1 Å². The molecule has 5 nitrogen and oxygen atoms in total. The number of esters is 1. The van der Waals surface area contributed by atoms with Gasteiger partial charge in [-0.15, -0.1) is 0 Å². The maximum Gasteiger partial charge on any atom is 0.308 e. The summed E-state index contributed by atoms with van der Waals surface area (Å²) in [5, 5.41) is 21.2. The van der Waals surface area contributed by atoms with E-state index in [1.54, 1.807) is 19.1 Å². The maximum atomic E-state index is 12.5. The molecule has 1 rings (SSSR count). The topological polar surface area (TPSA) is 83.8 Å². The number of hydrogen-bond donors (Lipinski definition) is 2. The summed E-state index contributed by atoms with van der Waals surface area (Å²) in [6, 6.07) is 0. The minimum atomic E-state index is -0.986. The Morgan fingerprint density at radius 3 is 2.29 bits per heavy atom. The summed E-state index contributed by atoms with van der Waals surface area (Å²) < 4.78 is 5.59. The monoisotopic (exact) mass is 394 g/mol.